The Morgan fingerprint density at radius 1 is 1.38 bits per heavy atom. The molecule has 82 valence electrons. The van der Waals surface area contributed by atoms with Crippen molar-refractivity contribution in [3.8, 4) is 0 Å². The second-order valence-corrected chi connectivity index (χ2v) is 4.61. The number of fused-ring (bicyclic) bond motifs is 1. The summed E-state index contributed by atoms with van der Waals surface area (Å²) in [4.78, 5) is 22.6. The third-order valence-electron chi connectivity index (χ3n) is 2.69. The molecule has 0 amide bonds. The average Bonchev–Trinajstić information content (AvgIpc) is 2.43. The van der Waals surface area contributed by atoms with E-state index in [0.29, 0.717) is 11.1 Å². The van der Waals surface area contributed by atoms with Gasteiger partial charge < -0.3 is 5.11 Å². The van der Waals surface area contributed by atoms with Crippen molar-refractivity contribution in [1.82, 2.24) is 0 Å². The van der Waals surface area contributed by atoms with Crippen molar-refractivity contribution in [3.63, 3.8) is 0 Å². The molecule has 0 saturated heterocycles. The van der Waals surface area contributed by atoms with Crippen molar-refractivity contribution in [1.29, 1.82) is 0 Å². The zero-order chi connectivity index (χ0) is 11.9. The van der Waals surface area contributed by atoms with Gasteiger partial charge in [0, 0.05) is 15.6 Å². The molecule has 0 bridgehead atoms. The van der Waals surface area contributed by atoms with E-state index in [2.05, 4.69) is 15.9 Å². The largest absolute Gasteiger partial charge is 0.481 e. The van der Waals surface area contributed by atoms with Gasteiger partial charge in [-0.15, -0.1) is 0 Å². The maximum atomic E-state index is 12.0. The van der Waals surface area contributed by atoms with E-state index in [0.717, 1.165) is 15.6 Å². The monoisotopic (exact) mass is 280 g/mol. The number of aliphatic carboxylic acids is 1. The van der Waals surface area contributed by atoms with Crippen LogP contribution in [-0.4, -0.2) is 16.9 Å². The van der Waals surface area contributed by atoms with Gasteiger partial charge in [-0.25, -0.2) is 0 Å². The summed E-state index contributed by atoms with van der Waals surface area (Å²) in [6.45, 7) is 1.79. The van der Waals surface area contributed by atoms with Gasteiger partial charge in [-0.05, 0) is 30.2 Å². The molecule has 2 rings (SSSR count). The van der Waals surface area contributed by atoms with Crippen LogP contribution in [-0.2, 0) is 4.79 Å². The molecule has 1 aliphatic carbocycles. The number of ketones is 1. The number of rotatable bonds is 2. The van der Waals surface area contributed by atoms with Gasteiger partial charge in [0.1, 0.15) is 0 Å². The van der Waals surface area contributed by atoms with E-state index >= 15 is 0 Å². The number of Topliss-reactive ketones (excluding diaryl/α,β-unsaturated/α-hetero) is 1. The van der Waals surface area contributed by atoms with E-state index in [4.69, 9.17) is 5.11 Å². The highest BCUT2D eigenvalue weighted by Gasteiger charge is 2.28. The summed E-state index contributed by atoms with van der Waals surface area (Å²) in [5.74, 6) is -1.15. The van der Waals surface area contributed by atoms with Gasteiger partial charge in [-0.3, -0.25) is 9.59 Å². The van der Waals surface area contributed by atoms with Crippen molar-refractivity contribution in [2.45, 2.75) is 13.3 Å². The number of carboxylic acid groups (broad SMARTS) is 1. The molecule has 0 heterocycles. The number of hydrogen-bond donors (Lipinski definition) is 1. The molecular formula is C12H9BrO3. The zero-order valence-electron chi connectivity index (χ0n) is 8.58. The first-order valence-corrected chi connectivity index (χ1v) is 5.56. The number of allylic oxidation sites excluding steroid dienone is 1. The zero-order valence-corrected chi connectivity index (χ0v) is 10.2. The van der Waals surface area contributed by atoms with E-state index in [1.54, 1.807) is 13.0 Å². The summed E-state index contributed by atoms with van der Waals surface area (Å²) >= 11 is 3.30. The van der Waals surface area contributed by atoms with Crippen LogP contribution in [0.15, 0.2) is 28.2 Å². The van der Waals surface area contributed by atoms with E-state index in [1.165, 1.54) is 0 Å². The smallest absolute Gasteiger partial charge is 0.307 e. The van der Waals surface area contributed by atoms with Crippen molar-refractivity contribution < 1.29 is 14.7 Å². The van der Waals surface area contributed by atoms with Crippen LogP contribution in [0, 0.1) is 0 Å². The lowest BCUT2D eigenvalue weighted by molar-refractivity contribution is -0.136. The third-order valence-corrected chi connectivity index (χ3v) is 3.18. The Hall–Kier alpha value is -1.42. The molecule has 3 nitrogen and oxygen atoms in total. The second-order valence-electron chi connectivity index (χ2n) is 3.69. The number of hydrogen-bond acceptors (Lipinski definition) is 2. The molecule has 0 atom stereocenters. The van der Waals surface area contributed by atoms with Crippen LogP contribution < -0.4 is 0 Å². The number of halogens is 1. The molecule has 0 aliphatic heterocycles. The summed E-state index contributed by atoms with van der Waals surface area (Å²) < 4.78 is 0.823. The first kappa shape index (κ1) is 11.1. The lowest BCUT2D eigenvalue weighted by atomic mass is 10.1. The molecule has 16 heavy (non-hydrogen) atoms. The molecule has 1 aromatic rings. The van der Waals surface area contributed by atoms with Crippen LogP contribution in [0.3, 0.4) is 0 Å². The Labute approximate surface area is 101 Å². The molecule has 0 saturated carbocycles. The number of carbonyl (C=O) groups excluding carboxylic acids is 1. The Balaban J connectivity index is 2.51. The summed E-state index contributed by atoms with van der Waals surface area (Å²) in [6.07, 6.45) is -0.211. The molecule has 0 fully saturated rings. The minimum Gasteiger partial charge on any atom is -0.481 e. The topological polar surface area (TPSA) is 54.4 Å². The lowest BCUT2D eigenvalue weighted by Crippen LogP contribution is -2.04. The molecule has 0 unspecified atom stereocenters. The first-order chi connectivity index (χ1) is 7.50. The SMILES string of the molecule is CC1=C(CC(=O)O)C(=O)c2cc(Br)ccc21. The van der Waals surface area contributed by atoms with E-state index in [9.17, 15) is 9.59 Å². The first-order valence-electron chi connectivity index (χ1n) is 4.77. The predicted octanol–water partition coefficient (Wildman–Crippen LogP) is 2.89. The second kappa shape index (κ2) is 3.87. The van der Waals surface area contributed by atoms with Crippen LogP contribution in [0.4, 0.5) is 0 Å². The number of carbonyl (C=O) groups is 2. The molecule has 1 aromatic carbocycles. The van der Waals surface area contributed by atoms with Crippen molar-refractivity contribution in [2.24, 2.45) is 0 Å². The van der Waals surface area contributed by atoms with Gasteiger partial charge in [0.05, 0.1) is 6.42 Å². The van der Waals surface area contributed by atoms with Crippen LogP contribution >= 0.6 is 15.9 Å². The molecule has 0 aromatic heterocycles. The number of carboxylic acids is 1. The Kier molecular flexibility index (Phi) is 2.68. The van der Waals surface area contributed by atoms with Crippen LogP contribution in [0.25, 0.3) is 5.57 Å². The van der Waals surface area contributed by atoms with E-state index < -0.39 is 5.97 Å². The van der Waals surface area contributed by atoms with E-state index in [-0.39, 0.29) is 12.2 Å². The lowest BCUT2D eigenvalue weighted by Gasteiger charge is -1.99. The summed E-state index contributed by atoms with van der Waals surface area (Å²) in [7, 11) is 0. The molecule has 0 spiro atoms. The van der Waals surface area contributed by atoms with Crippen LogP contribution in [0.2, 0.25) is 0 Å². The summed E-state index contributed by atoms with van der Waals surface area (Å²) in [6, 6.07) is 5.41. The highest BCUT2D eigenvalue weighted by atomic mass is 79.9. The maximum Gasteiger partial charge on any atom is 0.307 e. The highest BCUT2D eigenvalue weighted by molar-refractivity contribution is 9.10. The molecule has 0 radical (unpaired) electrons. The van der Waals surface area contributed by atoms with Crippen LogP contribution in [0.5, 0.6) is 0 Å². The molecule has 1 N–H and O–H groups in total. The van der Waals surface area contributed by atoms with Gasteiger partial charge in [-0.1, -0.05) is 22.0 Å². The van der Waals surface area contributed by atoms with Gasteiger partial charge in [0.2, 0.25) is 0 Å². The minimum absolute atomic E-state index is 0.170. The molecular weight excluding hydrogens is 272 g/mol. The van der Waals surface area contributed by atoms with E-state index in [1.807, 2.05) is 12.1 Å². The quantitative estimate of drug-likeness (QED) is 0.906. The summed E-state index contributed by atoms with van der Waals surface area (Å²) in [5, 5.41) is 8.75. The maximum absolute atomic E-state index is 12.0. The number of benzene rings is 1. The van der Waals surface area contributed by atoms with Crippen molar-refractivity contribution >= 4 is 33.3 Å². The van der Waals surface area contributed by atoms with Crippen molar-refractivity contribution in [3.05, 3.63) is 39.4 Å². The average molecular weight is 281 g/mol. The standard InChI is InChI=1S/C12H9BrO3/c1-6-8-3-2-7(13)4-10(8)12(16)9(6)5-11(14)15/h2-4H,5H2,1H3,(H,14,15). The third kappa shape index (κ3) is 1.69. The Morgan fingerprint density at radius 3 is 2.69 bits per heavy atom. The van der Waals surface area contributed by atoms with Gasteiger partial charge in [0.15, 0.2) is 5.78 Å². The van der Waals surface area contributed by atoms with Crippen molar-refractivity contribution in [2.75, 3.05) is 0 Å². The molecule has 4 heteroatoms. The summed E-state index contributed by atoms with van der Waals surface area (Å²) in [5.41, 5.74) is 2.59. The normalized spacial score (nSPS) is 14.2. The highest BCUT2D eigenvalue weighted by Crippen LogP contribution is 2.35. The van der Waals surface area contributed by atoms with Gasteiger partial charge in [-0.2, -0.15) is 0 Å². The van der Waals surface area contributed by atoms with Gasteiger partial charge in [0.25, 0.3) is 0 Å². The van der Waals surface area contributed by atoms with Crippen LogP contribution in [0.1, 0.15) is 29.3 Å². The Morgan fingerprint density at radius 2 is 2.06 bits per heavy atom. The fraction of sp³-hybridized carbons (Fsp3) is 0.167. The fourth-order valence-electron chi connectivity index (χ4n) is 1.89. The Bertz CT molecular complexity index is 529. The minimum atomic E-state index is -0.977. The van der Waals surface area contributed by atoms with Gasteiger partial charge >= 0.3 is 5.97 Å². The fourth-order valence-corrected chi connectivity index (χ4v) is 2.25. The molecule has 1 aliphatic rings. The predicted molar refractivity (Wildman–Crippen MR) is 63.3 cm³/mol.